The molecule has 0 amide bonds. The van der Waals surface area contributed by atoms with Crippen molar-refractivity contribution in [1.29, 1.82) is 0 Å². The summed E-state index contributed by atoms with van der Waals surface area (Å²) in [5.41, 5.74) is 6.88. The second kappa shape index (κ2) is 5.37. The molecule has 0 fully saturated rings. The Balaban J connectivity index is 2.04. The third-order valence-corrected chi connectivity index (χ3v) is 3.99. The second-order valence-corrected chi connectivity index (χ2v) is 5.14. The van der Waals surface area contributed by atoms with Gasteiger partial charge in [-0.2, -0.15) is 5.10 Å². The lowest BCUT2D eigenvalue weighted by molar-refractivity contribution is 0.308. The normalized spacial score (nSPS) is 14.3. The van der Waals surface area contributed by atoms with Crippen LogP contribution in [0.5, 0.6) is 0 Å². The summed E-state index contributed by atoms with van der Waals surface area (Å²) in [6.45, 7) is 2.75. The average Bonchev–Trinajstić information content (AvgIpc) is 3.05. The van der Waals surface area contributed by atoms with Crippen LogP contribution in [0.4, 0.5) is 4.39 Å². The third-order valence-electron chi connectivity index (χ3n) is 2.95. The van der Waals surface area contributed by atoms with Gasteiger partial charge in [-0.25, -0.2) is 14.6 Å². The van der Waals surface area contributed by atoms with Crippen LogP contribution in [0, 0.1) is 9.52 Å². The van der Waals surface area contributed by atoms with Gasteiger partial charge in [0.2, 0.25) is 0 Å². The van der Waals surface area contributed by atoms with Crippen LogP contribution in [0.2, 0.25) is 0 Å². The number of para-hydroxylation sites is 1. The molecular formula is C12H12FIN6. The standard InChI is InChI=1S/C12H12FIN6/c1-2-19-12(16-17-18-19)8-7-15-20(11(8)14)10-6-4-3-5-9(10)13/h3-7,17-18H,2H2,1H3. The van der Waals surface area contributed by atoms with Gasteiger partial charge in [0, 0.05) is 6.54 Å². The highest BCUT2D eigenvalue weighted by atomic mass is 127. The van der Waals surface area contributed by atoms with Crippen molar-refractivity contribution in [3.63, 3.8) is 0 Å². The number of hydrogen-bond acceptors (Lipinski definition) is 5. The molecule has 1 aromatic carbocycles. The van der Waals surface area contributed by atoms with E-state index in [4.69, 9.17) is 0 Å². The van der Waals surface area contributed by atoms with Gasteiger partial charge in [0.25, 0.3) is 0 Å². The number of nitrogens with zero attached hydrogens (tertiary/aromatic N) is 4. The molecule has 1 aliphatic heterocycles. The summed E-state index contributed by atoms with van der Waals surface area (Å²) in [7, 11) is 0. The van der Waals surface area contributed by atoms with Crippen LogP contribution in [0.3, 0.4) is 0 Å². The van der Waals surface area contributed by atoms with Gasteiger partial charge in [0.15, 0.2) is 5.84 Å². The van der Waals surface area contributed by atoms with E-state index in [0.717, 1.165) is 21.6 Å². The molecule has 2 aromatic rings. The van der Waals surface area contributed by atoms with E-state index in [1.165, 1.54) is 6.07 Å². The summed E-state index contributed by atoms with van der Waals surface area (Å²) in [5, 5.41) is 10.3. The lowest BCUT2D eigenvalue weighted by Crippen LogP contribution is -2.41. The van der Waals surface area contributed by atoms with Crippen molar-refractivity contribution in [3.05, 3.63) is 45.5 Å². The SMILES string of the molecule is CCN1NNN=C1c1cnn(-c2ccccc2F)c1I. The number of rotatable bonds is 3. The molecule has 2 N–H and O–H groups in total. The van der Waals surface area contributed by atoms with Gasteiger partial charge in [-0.1, -0.05) is 12.1 Å². The maximum absolute atomic E-state index is 13.9. The minimum absolute atomic E-state index is 0.308. The van der Waals surface area contributed by atoms with E-state index in [2.05, 4.69) is 43.9 Å². The van der Waals surface area contributed by atoms with Gasteiger partial charge in [0.1, 0.15) is 15.2 Å². The Morgan fingerprint density at radius 2 is 2.15 bits per heavy atom. The topological polar surface area (TPSA) is 57.5 Å². The Kier molecular flexibility index (Phi) is 3.57. The van der Waals surface area contributed by atoms with E-state index in [1.54, 1.807) is 29.1 Å². The highest BCUT2D eigenvalue weighted by Gasteiger charge is 2.23. The van der Waals surface area contributed by atoms with Crippen molar-refractivity contribution in [1.82, 2.24) is 25.9 Å². The predicted octanol–water partition coefficient (Wildman–Crippen LogP) is 1.62. The van der Waals surface area contributed by atoms with E-state index < -0.39 is 0 Å². The summed E-state index contributed by atoms with van der Waals surface area (Å²) < 4.78 is 16.2. The van der Waals surface area contributed by atoms with Crippen LogP contribution >= 0.6 is 22.6 Å². The molecule has 2 heterocycles. The molecule has 8 heteroatoms. The van der Waals surface area contributed by atoms with Crippen molar-refractivity contribution < 1.29 is 4.39 Å². The zero-order valence-corrected chi connectivity index (χ0v) is 12.8. The molecule has 20 heavy (non-hydrogen) atoms. The summed E-state index contributed by atoms with van der Waals surface area (Å²) in [6.07, 6.45) is 1.68. The number of aromatic nitrogens is 2. The quantitative estimate of drug-likeness (QED) is 0.788. The molecule has 0 saturated carbocycles. The van der Waals surface area contributed by atoms with Crippen molar-refractivity contribution in [3.8, 4) is 5.69 Å². The molecule has 0 unspecified atom stereocenters. The largest absolute Gasteiger partial charge is 0.271 e. The number of halogens is 2. The van der Waals surface area contributed by atoms with E-state index in [9.17, 15) is 4.39 Å². The first-order chi connectivity index (χ1) is 9.72. The number of hydrazone groups is 1. The molecule has 0 radical (unpaired) electrons. The maximum atomic E-state index is 13.9. The molecule has 1 aliphatic rings. The maximum Gasteiger partial charge on any atom is 0.177 e. The molecule has 0 spiro atoms. The Morgan fingerprint density at radius 1 is 1.35 bits per heavy atom. The van der Waals surface area contributed by atoms with Crippen LogP contribution in [-0.2, 0) is 0 Å². The number of hydrazine groups is 2. The third kappa shape index (κ3) is 2.14. The van der Waals surface area contributed by atoms with Crippen molar-refractivity contribution in [2.75, 3.05) is 6.54 Å². The van der Waals surface area contributed by atoms with Crippen LogP contribution in [0.25, 0.3) is 5.69 Å². The Labute approximate surface area is 128 Å². The number of hydrogen-bond donors (Lipinski definition) is 2. The van der Waals surface area contributed by atoms with Crippen LogP contribution in [0.15, 0.2) is 35.6 Å². The number of benzene rings is 1. The highest BCUT2D eigenvalue weighted by Crippen LogP contribution is 2.21. The van der Waals surface area contributed by atoms with E-state index in [0.29, 0.717) is 5.69 Å². The molecule has 104 valence electrons. The summed E-state index contributed by atoms with van der Waals surface area (Å²) >= 11 is 2.14. The van der Waals surface area contributed by atoms with Crippen molar-refractivity contribution in [2.24, 2.45) is 5.10 Å². The van der Waals surface area contributed by atoms with E-state index >= 15 is 0 Å². The van der Waals surface area contributed by atoms with Gasteiger partial charge < -0.3 is 0 Å². The molecule has 0 saturated heterocycles. The lowest BCUT2D eigenvalue weighted by Gasteiger charge is -2.15. The summed E-state index contributed by atoms with van der Waals surface area (Å²) in [6, 6.07) is 6.55. The monoisotopic (exact) mass is 386 g/mol. The number of amidine groups is 1. The molecular weight excluding hydrogens is 374 g/mol. The van der Waals surface area contributed by atoms with Crippen LogP contribution in [-0.4, -0.2) is 27.2 Å². The fourth-order valence-electron chi connectivity index (χ4n) is 1.96. The van der Waals surface area contributed by atoms with Crippen molar-refractivity contribution in [2.45, 2.75) is 6.92 Å². The molecule has 0 atom stereocenters. The molecule has 0 bridgehead atoms. The van der Waals surface area contributed by atoms with Gasteiger partial charge in [0.05, 0.1) is 11.8 Å². The summed E-state index contributed by atoms with van der Waals surface area (Å²) in [4.78, 5) is 0. The molecule has 6 nitrogen and oxygen atoms in total. The van der Waals surface area contributed by atoms with E-state index in [-0.39, 0.29) is 5.82 Å². The minimum Gasteiger partial charge on any atom is -0.271 e. The fraction of sp³-hybridized carbons (Fsp3) is 0.167. The lowest BCUT2D eigenvalue weighted by atomic mass is 10.3. The van der Waals surface area contributed by atoms with Crippen LogP contribution in [0.1, 0.15) is 12.5 Å². The molecule has 1 aromatic heterocycles. The molecule has 0 aliphatic carbocycles. The van der Waals surface area contributed by atoms with Gasteiger partial charge in [-0.3, -0.25) is 5.01 Å². The van der Waals surface area contributed by atoms with E-state index in [1.807, 2.05) is 11.9 Å². The highest BCUT2D eigenvalue weighted by molar-refractivity contribution is 14.1. The average molecular weight is 386 g/mol. The van der Waals surface area contributed by atoms with Crippen molar-refractivity contribution >= 4 is 28.4 Å². The first-order valence-corrected chi connectivity index (χ1v) is 7.15. The predicted molar refractivity (Wildman–Crippen MR) is 81.4 cm³/mol. The van der Waals surface area contributed by atoms with Gasteiger partial charge in [-0.15, -0.1) is 10.6 Å². The zero-order chi connectivity index (χ0) is 14.1. The number of nitrogens with one attached hydrogen (secondary N) is 2. The Morgan fingerprint density at radius 3 is 2.90 bits per heavy atom. The second-order valence-electron chi connectivity index (χ2n) is 4.12. The minimum atomic E-state index is -0.308. The Bertz CT molecular complexity index is 668. The summed E-state index contributed by atoms with van der Waals surface area (Å²) in [5.74, 6) is 0.427. The first kappa shape index (κ1) is 13.3. The molecule has 3 rings (SSSR count). The smallest absolute Gasteiger partial charge is 0.177 e. The van der Waals surface area contributed by atoms with Crippen LogP contribution < -0.4 is 11.1 Å². The van der Waals surface area contributed by atoms with Gasteiger partial charge in [-0.05, 0) is 41.6 Å². The van der Waals surface area contributed by atoms with Gasteiger partial charge >= 0.3 is 0 Å². The fourth-order valence-corrected chi connectivity index (χ4v) is 2.73. The zero-order valence-electron chi connectivity index (χ0n) is 10.6. The first-order valence-electron chi connectivity index (χ1n) is 6.07. The Hall–Kier alpha value is -1.68.